The predicted molar refractivity (Wildman–Crippen MR) is 93.6 cm³/mol. The van der Waals surface area contributed by atoms with Crippen molar-refractivity contribution < 1.29 is 4.79 Å². The van der Waals surface area contributed by atoms with Crippen molar-refractivity contribution in [2.45, 2.75) is 32.4 Å². The zero-order chi connectivity index (χ0) is 16.1. The monoisotopic (exact) mass is 360 g/mol. The summed E-state index contributed by atoms with van der Waals surface area (Å²) in [5.74, 6) is -0.147. The van der Waals surface area contributed by atoms with Gasteiger partial charge in [-0.2, -0.15) is 0 Å². The van der Waals surface area contributed by atoms with Gasteiger partial charge in [0.05, 0.1) is 0 Å². The molecule has 2 aromatic carbocycles. The largest absolute Gasteiger partial charge is 0.352 e. The fourth-order valence-corrected chi connectivity index (χ4v) is 2.77. The number of halogens is 1. The number of hydrogen-bond donors (Lipinski definition) is 2. The van der Waals surface area contributed by atoms with E-state index >= 15 is 0 Å². The van der Waals surface area contributed by atoms with E-state index in [1.165, 1.54) is 5.56 Å². The van der Waals surface area contributed by atoms with E-state index in [1.54, 1.807) is 0 Å². The van der Waals surface area contributed by atoms with Crippen LogP contribution in [0.25, 0.3) is 0 Å². The van der Waals surface area contributed by atoms with E-state index in [4.69, 9.17) is 5.73 Å². The highest BCUT2D eigenvalue weighted by Gasteiger charge is 2.17. The number of carbonyl (C=O) groups excluding carboxylic acids is 1. The summed E-state index contributed by atoms with van der Waals surface area (Å²) in [6.45, 7) is 4.00. The molecule has 4 heteroatoms. The van der Waals surface area contributed by atoms with Gasteiger partial charge >= 0.3 is 0 Å². The van der Waals surface area contributed by atoms with Gasteiger partial charge in [0.25, 0.3) is 0 Å². The summed E-state index contributed by atoms with van der Waals surface area (Å²) >= 11 is 3.46. The topological polar surface area (TPSA) is 55.1 Å². The van der Waals surface area contributed by atoms with Gasteiger partial charge in [-0.3, -0.25) is 4.79 Å². The molecule has 116 valence electrons. The van der Waals surface area contributed by atoms with Crippen LogP contribution in [0, 0.1) is 6.92 Å². The molecule has 0 saturated carbocycles. The molecule has 0 bridgehead atoms. The maximum absolute atomic E-state index is 12.3. The number of rotatable bonds is 5. The van der Waals surface area contributed by atoms with Crippen LogP contribution in [0.3, 0.4) is 0 Å². The summed E-state index contributed by atoms with van der Waals surface area (Å²) in [6.07, 6.45) is 0.770. The molecule has 2 unspecified atom stereocenters. The molecule has 0 radical (unpaired) electrons. The van der Waals surface area contributed by atoms with Gasteiger partial charge in [-0.1, -0.05) is 57.9 Å². The Bertz CT molecular complexity index is 640. The van der Waals surface area contributed by atoms with Crippen molar-refractivity contribution in [3.63, 3.8) is 0 Å². The summed E-state index contributed by atoms with van der Waals surface area (Å²) in [6, 6.07) is 15.2. The molecule has 22 heavy (non-hydrogen) atoms. The molecule has 0 heterocycles. The van der Waals surface area contributed by atoms with E-state index in [2.05, 4.69) is 27.3 Å². The fraction of sp³-hybridized carbons (Fsp3) is 0.278. The Kier molecular flexibility index (Phi) is 5.75. The van der Waals surface area contributed by atoms with E-state index in [1.807, 2.05) is 56.3 Å². The molecule has 0 aromatic heterocycles. The first-order chi connectivity index (χ1) is 10.5. The van der Waals surface area contributed by atoms with Gasteiger partial charge in [0.15, 0.2) is 0 Å². The Labute approximate surface area is 140 Å². The van der Waals surface area contributed by atoms with E-state index in [9.17, 15) is 4.79 Å². The van der Waals surface area contributed by atoms with Crippen LogP contribution >= 0.6 is 15.9 Å². The standard InChI is InChI=1S/C18H21BrN2O/c1-12-6-8-15(9-7-12)17(20)18(22)21-13(2)10-14-4-3-5-16(19)11-14/h3-9,11,13,17H,10,20H2,1-2H3,(H,21,22). The second-order valence-electron chi connectivity index (χ2n) is 5.63. The Morgan fingerprint density at radius 1 is 1.23 bits per heavy atom. The van der Waals surface area contributed by atoms with Gasteiger partial charge < -0.3 is 11.1 Å². The molecule has 2 aromatic rings. The average Bonchev–Trinajstić information content (AvgIpc) is 2.47. The van der Waals surface area contributed by atoms with Crippen molar-refractivity contribution in [1.29, 1.82) is 0 Å². The third-order valence-corrected chi connectivity index (χ3v) is 4.03. The number of aryl methyl sites for hydroxylation is 1. The Morgan fingerprint density at radius 3 is 2.55 bits per heavy atom. The molecule has 3 nitrogen and oxygen atoms in total. The van der Waals surface area contributed by atoms with E-state index in [-0.39, 0.29) is 11.9 Å². The van der Waals surface area contributed by atoms with Crippen LogP contribution in [0.2, 0.25) is 0 Å². The zero-order valence-electron chi connectivity index (χ0n) is 12.8. The lowest BCUT2D eigenvalue weighted by Crippen LogP contribution is -2.40. The molecule has 0 fully saturated rings. The molecule has 0 aliphatic carbocycles. The number of amides is 1. The fourth-order valence-electron chi connectivity index (χ4n) is 2.33. The maximum atomic E-state index is 12.3. The minimum atomic E-state index is -0.634. The van der Waals surface area contributed by atoms with Crippen molar-refractivity contribution in [2.24, 2.45) is 5.73 Å². The molecule has 0 saturated heterocycles. The van der Waals surface area contributed by atoms with Crippen LogP contribution in [0.5, 0.6) is 0 Å². The molecule has 2 atom stereocenters. The van der Waals surface area contributed by atoms with Gasteiger partial charge in [-0.25, -0.2) is 0 Å². The summed E-state index contributed by atoms with van der Waals surface area (Å²) in [5, 5.41) is 2.98. The van der Waals surface area contributed by atoms with Crippen LogP contribution < -0.4 is 11.1 Å². The highest BCUT2D eigenvalue weighted by atomic mass is 79.9. The van der Waals surface area contributed by atoms with Crippen LogP contribution in [-0.4, -0.2) is 11.9 Å². The van der Waals surface area contributed by atoms with Crippen LogP contribution in [0.15, 0.2) is 53.0 Å². The molecular formula is C18H21BrN2O. The first-order valence-corrected chi connectivity index (χ1v) is 8.12. The third kappa shape index (κ3) is 4.68. The van der Waals surface area contributed by atoms with Crippen LogP contribution in [-0.2, 0) is 11.2 Å². The first kappa shape index (κ1) is 16.7. The lowest BCUT2D eigenvalue weighted by molar-refractivity contribution is -0.123. The van der Waals surface area contributed by atoms with Crippen LogP contribution in [0.1, 0.15) is 29.7 Å². The predicted octanol–water partition coefficient (Wildman–Crippen LogP) is 3.50. The number of nitrogens with one attached hydrogen (secondary N) is 1. The normalized spacial score (nSPS) is 13.5. The van der Waals surface area contributed by atoms with Gasteiger partial charge in [0, 0.05) is 10.5 Å². The van der Waals surface area contributed by atoms with Crippen LogP contribution in [0.4, 0.5) is 0 Å². The van der Waals surface area contributed by atoms with Gasteiger partial charge in [-0.15, -0.1) is 0 Å². The van der Waals surface area contributed by atoms with Crippen molar-refractivity contribution in [2.75, 3.05) is 0 Å². The van der Waals surface area contributed by atoms with Gasteiger partial charge in [0.1, 0.15) is 6.04 Å². The zero-order valence-corrected chi connectivity index (χ0v) is 14.4. The number of benzene rings is 2. The SMILES string of the molecule is Cc1ccc(C(N)C(=O)NC(C)Cc2cccc(Br)c2)cc1. The first-order valence-electron chi connectivity index (χ1n) is 7.32. The van der Waals surface area contributed by atoms with Crippen molar-refractivity contribution in [3.05, 3.63) is 69.7 Å². The minimum Gasteiger partial charge on any atom is -0.352 e. The highest BCUT2D eigenvalue weighted by molar-refractivity contribution is 9.10. The van der Waals surface area contributed by atoms with E-state index in [0.29, 0.717) is 0 Å². The second kappa shape index (κ2) is 7.56. The third-order valence-electron chi connectivity index (χ3n) is 3.54. The summed E-state index contributed by atoms with van der Waals surface area (Å²) < 4.78 is 1.04. The average molecular weight is 361 g/mol. The van der Waals surface area contributed by atoms with E-state index < -0.39 is 6.04 Å². The number of carbonyl (C=O) groups is 1. The minimum absolute atomic E-state index is 0.0262. The Hall–Kier alpha value is -1.65. The molecule has 0 aliphatic heterocycles. The number of nitrogens with two attached hydrogens (primary N) is 1. The maximum Gasteiger partial charge on any atom is 0.241 e. The van der Waals surface area contributed by atoms with Crippen molar-refractivity contribution >= 4 is 21.8 Å². The van der Waals surface area contributed by atoms with Gasteiger partial charge in [0.2, 0.25) is 5.91 Å². The molecule has 2 rings (SSSR count). The molecule has 0 spiro atoms. The highest BCUT2D eigenvalue weighted by Crippen LogP contribution is 2.14. The number of hydrogen-bond acceptors (Lipinski definition) is 2. The smallest absolute Gasteiger partial charge is 0.241 e. The molecule has 0 aliphatic rings. The molecule has 3 N–H and O–H groups in total. The van der Waals surface area contributed by atoms with E-state index in [0.717, 1.165) is 22.0 Å². The summed E-state index contributed by atoms with van der Waals surface area (Å²) in [5.41, 5.74) is 9.19. The second-order valence-corrected chi connectivity index (χ2v) is 6.55. The quantitative estimate of drug-likeness (QED) is 0.856. The lowest BCUT2D eigenvalue weighted by Gasteiger charge is -2.18. The summed E-state index contributed by atoms with van der Waals surface area (Å²) in [4.78, 5) is 12.3. The Morgan fingerprint density at radius 2 is 1.91 bits per heavy atom. The molecule has 1 amide bonds. The van der Waals surface area contributed by atoms with Gasteiger partial charge in [-0.05, 0) is 43.5 Å². The lowest BCUT2D eigenvalue weighted by atomic mass is 10.0. The van der Waals surface area contributed by atoms with Crippen molar-refractivity contribution in [3.8, 4) is 0 Å². The molecular weight excluding hydrogens is 340 g/mol. The Balaban J connectivity index is 1.94. The summed E-state index contributed by atoms with van der Waals surface area (Å²) in [7, 11) is 0. The van der Waals surface area contributed by atoms with Crippen molar-refractivity contribution in [1.82, 2.24) is 5.32 Å².